The molecule has 1 N–H and O–H groups in total. The molecule has 1 aromatic carbocycles. The fraction of sp³-hybridized carbons (Fsp3) is 0.600. The van der Waals surface area contributed by atoms with Crippen LogP contribution in [0.3, 0.4) is 0 Å². The van der Waals surface area contributed by atoms with Gasteiger partial charge in [0.15, 0.2) is 0 Å². The summed E-state index contributed by atoms with van der Waals surface area (Å²) >= 11 is 7.24. The van der Waals surface area contributed by atoms with E-state index >= 15 is 0 Å². The molecule has 0 saturated carbocycles. The number of hydrogen-bond acceptors (Lipinski definition) is 5. The second-order valence-corrected chi connectivity index (χ2v) is 10.1. The van der Waals surface area contributed by atoms with Gasteiger partial charge in [0, 0.05) is 0 Å². The highest BCUT2D eigenvalue weighted by molar-refractivity contribution is 7.85. The van der Waals surface area contributed by atoms with Crippen molar-refractivity contribution in [2.24, 2.45) is 0 Å². The third kappa shape index (κ3) is 9.23. The van der Waals surface area contributed by atoms with Crippen LogP contribution in [0.2, 0.25) is 0 Å². The lowest BCUT2D eigenvalue weighted by Gasteiger charge is -2.03. The summed E-state index contributed by atoms with van der Waals surface area (Å²) in [5.74, 6) is -0.105. The lowest BCUT2D eigenvalue weighted by atomic mass is 10.1. The number of nitrogens with zero attached hydrogens (tertiary/aromatic N) is 1. The molecule has 0 aliphatic heterocycles. The highest BCUT2D eigenvalue weighted by Crippen LogP contribution is 2.23. The van der Waals surface area contributed by atoms with Crippen LogP contribution < -0.4 is 0 Å². The second-order valence-electron chi connectivity index (χ2n) is 6.98. The normalized spacial score (nSPS) is 11.9. The van der Waals surface area contributed by atoms with Crippen LogP contribution in [-0.4, -0.2) is 28.6 Å². The maximum absolute atomic E-state index is 10.6. The quantitative estimate of drug-likeness (QED) is 0.168. The van der Waals surface area contributed by atoms with E-state index in [0.717, 1.165) is 47.5 Å². The molecule has 7 heteroatoms. The van der Waals surface area contributed by atoms with Crippen molar-refractivity contribution in [3.05, 3.63) is 29.3 Å². The van der Waals surface area contributed by atoms with Gasteiger partial charge in [0.2, 0.25) is 0 Å². The van der Waals surface area contributed by atoms with Crippen LogP contribution in [0.15, 0.2) is 24.3 Å². The number of unbranched alkanes of at least 4 members (excludes halogenated alkanes) is 9. The average molecular weight is 428 g/mol. The van der Waals surface area contributed by atoms with Crippen LogP contribution in [0.25, 0.3) is 10.2 Å². The van der Waals surface area contributed by atoms with Crippen LogP contribution in [0.4, 0.5) is 0 Å². The van der Waals surface area contributed by atoms with E-state index in [1.165, 1.54) is 36.8 Å². The van der Waals surface area contributed by atoms with Crippen LogP contribution >= 0.6 is 23.6 Å². The first-order chi connectivity index (χ1) is 13.0. The Bertz CT molecular complexity index is 782. The molecule has 0 fully saturated rings. The molecule has 0 saturated heterocycles. The monoisotopic (exact) mass is 427 g/mol. The molecule has 0 radical (unpaired) electrons. The summed E-state index contributed by atoms with van der Waals surface area (Å²) in [6, 6.07) is 8.17. The van der Waals surface area contributed by atoms with Crippen molar-refractivity contribution in [1.82, 2.24) is 4.98 Å². The minimum atomic E-state index is -3.78. The van der Waals surface area contributed by atoms with E-state index in [1.807, 2.05) is 18.2 Å². The number of thiocarbonyl (C=S) groups is 1. The van der Waals surface area contributed by atoms with E-state index in [1.54, 1.807) is 11.3 Å². The van der Waals surface area contributed by atoms with E-state index in [9.17, 15) is 8.42 Å². The van der Waals surface area contributed by atoms with Gasteiger partial charge in [-0.15, -0.1) is 11.3 Å². The highest BCUT2D eigenvalue weighted by atomic mass is 32.2. The van der Waals surface area contributed by atoms with E-state index < -0.39 is 10.1 Å². The molecule has 150 valence electrons. The van der Waals surface area contributed by atoms with Gasteiger partial charge < -0.3 is 0 Å². The molecular weight excluding hydrogens is 398 g/mol. The minimum Gasteiger partial charge on any atom is -0.286 e. The molecule has 0 unspecified atom stereocenters. The van der Waals surface area contributed by atoms with Crippen molar-refractivity contribution in [2.45, 2.75) is 70.6 Å². The lowest BCUT2D eigenvalue weighted by molar-refractivity contribution is 0.478. The predicted molar refractivity (Wildman–Crippen MR) is 119 cm³/mol. The number of benzene rings is 1. The number of fused-ring (bicyclic) bond motifs is 1. The summed E-state index contributed by atoms with van der Waals surface area (Å²) in [5, 5.41) is 1.00. The summed E-state index contributed by atoms with van der Waals surface area (Å²) in [6.07, 6.45) is 11.9. The van der Waals surface area contributed by atoms with Gasteiger partial charge in [0.1, 0.15) is 5.01 Å². The molecule has 27 heavy (non-hydrogen) atoms. The number of thiazole rings is 1. The van der Waals surface area contributed by atoms with Crippen molar-refractivity contribution in [3.8, 4) is 0 Å². The molecule has 1 heterocycles. The van der Waals surface area contributed by atoms with Crippen molar-refractivity contribution < 1.29 is 13.0 Å². The van der Waals surface area contributed by atoms with Crippen LogP contribution in [-0.2, 0) is 10.1 Å². The van der Waals surface area contributed by atoms with Gasteiger partial charge in [-0.3, -0.25) is 4.55 Å². The Labute approximate surface area is 172 Å². The van der Waals surface area contributed by atoms with Crippen molar-refractivity contribution in [2.75, 3.05) is 5.75 Å². The highest BCUT2D eigenvalue weighted by Gasteiger charge is 2.08. The molecule has 0 bridgehead atoms. The molecule has 0 aliphatic carbocycles. The number of aromatic nitrogens is 1. The summed E-state index contributed by atoms with van der Waals surface area (Å²) in [7, 11) is -3.78. The Balaban J connectivity index is 1.45. The number of rotatable bonds is 14. The summed E-state index contributed by atoms with van der Waals surface area (Å²) in [5.41, 5.74) is 1.04. The molecular formula is C20H29NO3S3. The standard InChI is InChI=1S/C20H29NO3S3/c22-27(23,24)16-12-8-6-4-2-1-3-5-7-9-14-18(25)20-21-17-13-10-11-15-19(17)26-20/h10-11,13,15H,1-9,12,14,16H2,(H,22,23,24). The zero-order valence-electron chi connectivity index (χ0n) is 15.7. The third-order valence-corrected chi connectivity index (χ3v) is 7.02. The van der Waals surface area contributed by atoms with Crippen LogP contribution in [0.5, 0.6) is 0 Å². The first-order valence-corrected chi connectivity index (χ1v) is 12.6. The second kappa shape index (κ2) is 11.8. The van der Waals surface area contributed by atoms with Gasteiger partial charge in [-0.05, 0) is 31.4 Å². The van der Waals surface area contributed by atoms with Gasteiger partial charge in [-0.1, -0.05) is 75.7 Å². The molecule has 0 aliphatic rings. The summed E-state index contributed by atoms with van der Waals surface area (Å²) < 4.78 is 31.1. The first-order valence-electron chi connectivity index (χ1n) is 9.80. The first kappa shape index (κ1) is 22.4. The van der Waals surface area contributed by atoms with Gasteiger partial charge in [0.25, 0.3) is 10.1 Å². The zero-order valence-corrected chi connectivity index (χ0v) is 18.2. The summed E-state index contributed by atoms with van der Waals surface area (Å²) in [6.45, 7) is 0. The van der Waals surface area contributed by atoms with Crippen LogP contribution in [0, 0.1) is 0 Å². The average Bonchev–Trinajstić information content (AvgIpc) is 3.06. The Morgan fingerprint density at radius 1 is 0.926 bits per heavy atom. The topological polar surface area (TPSA) is 67.3 Å². The zero-order chi connectivity index (χ0) is 19.5. The van der Waals surface area contributed by atoms with Crippen molar-refractivity contribution in [3.63, 3.8) is 0 Å². The predicted octanol–water partition coefficient (Wildman–Crippen LogP) is 6.19. The summed E-state index contributed by atoms with van der Waals surface area (Å²) in [4.78, 5) is 5.61. The minimum absolute atomic E-state index is 0.105. The van der Waals surface area contributed by atoms with E-state index in [2.05, 4.69) is 11.1 Å². The fourth-order valence-electron chi connectivity index (χ4n) is 3.08. The Morgan fingerprint density at radius 2 is 1.48 bits per heavy atom. The molecule has 2 rings (SSSR count). The Kier molecular flexibility index (Phi) is 9.82. The van der Waals surface area contributed by atoms with Gasteiger partial charge in [-0.25, -0.2) is 4.98 Å². The SMILES string of the molecule is O=S(=O)(O)CCCCCCCCCCCCC(=S)c1nc2ccccc2s1. The molecule has 1 aromatic heterocycles. The van der Waals surface area contributed by atoms with Crippen molar-refractivity contribution >= 4 is 48.8 Å². The smallest absolute Gasteiger partial charge is 0.264 e. The largest absolute Gasteiger partial charge is 0.286 e. The van der Waals surface area contributed by atoms with Crippen LogP contribution in [0.1, 0.15) is 75.6 Å². The Hall–Kier alpha value is -0.890. The molecule has 0 spiro atoms. The van der Waals surface area contributed by atoms with E-state index in [-0.39, 0.29) is 5.75 Å². The fourth-order valence-corrected chi connectivity index (χ4v) is 4.90. The van der Waals surface area contributed by atoms with Gasteiger partial charge >= 0.3 is 0 Å². The lowest BCUT2D eigenvalue weighted by Crippen LogP contribution is -2.03. The van der Waals surface area contributed by atoms with Crippen molar-refractivity contribution in [1.29, 1.82) is 0 Å². The molecule has 2 aromatic rings. The third-order valence-electron chi connectivity index (χ3n) is 4.59. The number of para-hydroxylation sites is 1. The van der Waals surface area contributed by atoms with E-state index in [4.69, 9.17) is 16.8 Å². The Morgan fingerprint density at radius 3 is 2.07 bits per heavy atom. The van der Waals surface area contributed by atoms with Gasteiger partial charge in [-0.2, -0.15) is 8.42 Å². The maximum atomic E-state index is 10.6. The number of hydrogen-bond donors (Lipinski definition) is 1. The molecule has 0 atom stereocenters. The van der Waals surface area contributed by atoms with Gasteiger partial charge in [0.05, 0.1) is 20.8 Å². The molecule has 4 nitrogen and oxygen atoms in total. The molecule has 0 amide bonds. The maximum Gasteiger partial charge on any atom is 0.264 e. The van der Waals surface area contributed by atoms with E-state index in [0.29, 0.717) is 6.42 Å².